The topological polar surface area (TPSA) is 79.3 Å². The summed E-state index contributed by atoms with van der Waals surface area (Å²) < 4.78 is 0. The molecule has 0 bridgehead atoms. The predicted octanol–water partition coefficient (Wildman–Crippen LogP) is 1.54. The monoisotopic (exact) mass is 250 g/mol. The van der Waals surface area contributed by atoms with Crippen LogP contribution in [0.2, 0.25) is 0 Å². The molecule has 0 radical (unpaired) electrons. The van der Waals surface area contributed by atoms with Crippen LogP contribution in [0.1, 0.15) is 35.1 Å². The summed E-state index contributed by atoms with van der Waals surface area (Å²) in [5.74, 6) is -1.16. The number of nitrogens with one attached hydrogen (secondary N) is 1. The van der Waals surface area contributed by atoms with E-state index in [0.717, 1.165) is 5.69 Å². The summed E-state index contributed by atoms with van der Waals surface area (Å²) in [4.78, 5) is 26.6. The Morgan fingerprint density at radius 1 is 1.39 bits per heavy atom. The van der Waals surface area contributed by atoms with Gasteiger partial charge in [0.25, 0.3) is 5.91 Å². The minimum absolute atomic E-state index is 0.0470. The largest absolute Gasteiger partial charge is 0.481 e. The number of aliphatic carboxylic acids is 1. The number of carboxylic acid groups (broad SMARTS) is 1. The van der Waals surface area contributed by atoms with Crippen molar-refractivity contribution >= 4 is 11.9 Å². The Balaban J connectivity index is 2.58. The van der Waals surface area contributed by atoms with Crippen LogP contribution in [-0.4, -0.2) is 28.5 Å². The molecule has 1 atom stereocenters. The number of amides is 1. The van der Waals surface area contributed by atoms with Gasteiger partial charge in [-0.25, -0.2) is 0 Å². The van der Waals surface area contributed by atoms with Crippen LogP contribution in [0.3, 0.4) is 0 Å². The van der Waals surface area contributed by atoms with E-state index in [2.05, 4.69) is 10.3 Å². The third-order valence-electron chi connectivity index (χ3n) is 2.60. The number of nitrogens with zero attached hydrogens (tertiary/aromatic N) is 1. The van der Waals surface area contributed by atoms with Gasteiger partial charge in [0.2, 0.25) is 0 Å². The Morgan fingerprint density at radius 3 is 2.61 bits per heavy atom. The Hall–Kier alpha value is -1.91. The number of aromatic nitrogens is 1. The summed E-state index contributed by atoms with van der Waals surface area (Å²) >= 11 is 0. The minimum Gasteiger partial charge on any atom is -0.481 e. The van der Waals surface area contributed by atoms with Gasteiger partial charge in [0, 0.05) is 18.7 Å². The van der Waals surface area contributed by atoms with Gasteiger partial charge >= 0.3 is 5.97 Å². The molecular formula is C13H18N2O3. The summed E-state index contributed by atoms with van der Waals surface area (Å²) in [6.07, 6.45) is 0.0470. The number of pyridine rings is 1. The first-order valence-electron chi connectivity index (χ1n) is 5.84. The van der Waals surface area contributed by atoms with Crippen molar-refractivity contribution in [2.45, 2.75) is 27.2 Å². The van der Waals surface area contributed by atoms with E-state index in [1.165, 1.54) is 0 Å². The molecule has 2 N–H and O–H groups in total. The molecule has 0 saturated carbocycles. The molecule has 0 fully saturated rings. The lowest BCUT2D eigenvalue weighted by atomic mass is 10.1. The molecule has 1 heterocycles. The second-order valence-corrected chi connectivity index (χ2v) is 4.50. The molecule has 5 heteroatoms. The molecule has 18 heavy (non-hydrogen) atoms. The van der Waals surface area contributed by atoms with Crippen molar-refractivity contribution in [3.8, 4) is 0 Å². The maximum atomic E-state index is 11.9. The third-order valence-corrected chi connectivity index (χ3v) is 2.60. The van der Waals surface area contributed by atoms with Crippen LogP contribution in [0, 0.1) is 19.8 Å². The van der Waals surface area contributed by atoms with Crippen LogP contribution in [0.4, 0.5) is 0 Å². The molecule has 1 amide bonds. The molecule has 1 aromatic rings. The van der Waals surface area contributed by atoms with E-state index in [0.29, 0.717) is 17.8 Å². The summed E-state index contributed by atoms with van der Waals surface area (Å²) in [5.41, 5.74) is 2.07. The van der Waals surface area contributed by atoms with Gasteiger partial charge < -0.3 is 10.4 Å². The second-order valence-electron chi connectivity index (χ2n) is 4.50. The zero-order valence-electron chi connectivity index (χ0n) is 10.9. The average molecular weight is 250 g/mol. The minimum atomic E-state index is -0.857. The molecule has 1 rings (SSSR count). The van der Waals surface area contributed by atoms with Crippen LogP contribution in [0.25, 0.3) is 0 Å². The van der Waals surface area contributed by atoms with E-state index in [1.54, 1.807) is 26.0 Å². The Morgan fingerprint density at radius 2 is 2.06 bits per heavy atom. The van der Waals surface area contributed by atoms with Gasteiger partial charge in [-0.05, 0) is 31.9 Å². The van der Waals surface area contributed by atoms with Crippen molar-refractivity contribution in [2.24, 2.45) is 5.92 Å². The summed E-state index contributed by atoms with van der Waals surface area (Å²) in [7, 11) is 0. The van der Waals surface area contributed by atoms with E-state index in [-0.39, 0.29) is 18.2 Å². The number of carboxylic acids is 1. The molecule has 1 aromatic heterocycles. The van der Waals surface area contributed by atoms with E-state index < -0.39 is 5.97 Å². The lowest BCUT2D eigenvalue weighted by Crippen LogP contribution is -2.29. The van der Waals surface area contributed by atoms with Crippen molar-refractivity contribution < 1.29 is 14.7 Å². The Labute approximate surface area is 106 Å². The maximum absolute atomic E-state index is 11.9. The fraction of sp³-hybridized carbons (Fsp3) is 0.462. The number of hydrogen-bond donors (Lipinski definition) is 2. The van der Waals surface area contributed by atoms with Crippen molar-refractivity contribution in [1.82, 2.24) is 10.3 Å². The normalized spacial score (nSPS) is 11.9. The molecule has 98 valence electrons. The highest BCUT2D eigenvalue weighted by atomic mass is 16.4. The fourth-order valence-electron chi connectivity index (χ4n) is 1.66. The maximum Gasteiger partial charge on any atom is 0.303 e. The Bertz CT molecular complexity index is 458. The smallest absolute Gasteiger partial charge is 0.303 e. The van der Waals surface area contributed by atoms with Gasteiger partial charge in [-0.2, -0.15) is 0 Å². The first-order valence-corrected chi connectivity index (χ1v) is 5.84. The lowest BCUT2D eigenvalue weighted by molar-refractivity contribution is -0.137. The number of carbonyl (C=O) groups excluding carboxylic acids is 1. The van der Waals surface area contributed by atoms with Gasteiger partial charge in [0.05, 0.1) is 11.3 Å². The Kier molecular flexibility index (Phi) is 4.83. The van der Waals surface area contributed by atoms with Gasteiger partial charge in [0.1, 0.15) is 0 Å². The van der Waals surface area contributed by atoms with E-state index in [1.807, 2.05) is 6.92 Å². The van der Waals surface area contributed by atoms with Gasteiger partial charge in [-0.1, -0.05) is 6.92 Å². The quantitative estimate of drug-likeness (QED) is 0.830. The standard InChI is InChI=1S/C13H18N2O3/c1-8(6-12(16)17)7-14-13(18)11-5-4-9(2)15-10(11)3/h4-5,8H,6-7H2,1-3H3,(H,14,18)(H,16,17). The number of rotatable bonds is 5. The van der Waals surface area contributed by atoms with Crippen LogP contribution in [0.5, 0.6) is 0 Å². The number of aryl methyl sites for hydroxylation is 2. The molecular weight excluding hydrogens is 232 g/mol. The first-order chi connectivity index (χ1) is 8.40. The molecule has 0 aliphatic heterocycles. The van der Waals surface area contributed by atoms with Crippen LogP contribution in [0.15, 0.2) is 12.1 Å². The average Bonchev–Trinajstić information content (AvgIpc) is 2.25. The molecule has 0 aliphatic carbocycles. The zero-order valence-corrected chi connectivity index (χ0v) is 10.9. The van der Waals surface area contributed by atoms with Gasteiger partial charge in [-0.3, -0.25) is 14.6 Å². The summed E-state index contributed by atoms with van der Waals surface area (Å²) in [6.45, 7) is 5.78. The lowest BCUT2D eigenvalue weighted by Gasteiger charge is -2.11. The van der Waals surface area contributed by atoms with Gasteiger partial charge in [-0.15, -0.1) is 0 Å². The molecule has 5 nitrogen and oxygen atoms in total. The predicted molar refractivity (Wildman–Crippen MR) is 67.5 cm³/mol. The van der Waals surface area contributed by atoms with E-state index in [4.69, 9.17) is 5.11 Å². The highest BCUT2D eigenvalue weighted by Gasteiger charge is 2.12. The zero-order chi connectivity index (χ0) is 13.7. The van der Waals surface area contributed by atoms with Crippen molar-refractivity contribution in [1.29, 1.82) is 0 Å². The molecule has 0 aliphatic rings. The molecule has 0 aromatic carbocycles. The van der Waals surface area contributed by atoms with Crippen molar-refractivity contribution in [2.75, 3.05) is 6.54 Å². The van der Waals surface area contributed by atoms with Crippen molar-refractivity contribution in [3.63, 3.8) is 0 Å². The number of carbonyl (C=O) groups is 2. The molecule has 1 unspecified atom stereocenters. The van der Waals surface area contributed by atoms with Crippen LogP contribution < -0.4 is 5.32 Å². The fourth-order valence-corrected chi connectivity index (χ4v) is 1.66. The highest BCUT2D eigenvalue weighted by Crippen LogP contribution is 2.07. The van der Waals surface area contributed by atoms with E-state index >= 15 is 0 Å². The van der Waals surface area contributed by atoms with Gasteiger partial charge in [0.15, 0.2) is 0 Å². The molecule has 0 spiro atoms. The third kappa shape index (κ3) is 4.16. The second kappa shape index (κ2) is 6.14. The summed E-state index contributed by atoms with van der Waals surface area (Å²) in [5, 5.41) is 11.3. The number of hydrogen-bond acceptors (Lipinski definition) is 3. The van der Waals surface area contributed by atoms with Crippen LogP contribution in [-0.2, 0) is 4.79 Å². The first kappa shape index (κ1) is 14.2. The summed E-state index contributed by atoms with van der Waals surface area (Å²) in [6, 6.07) is 3.51. The van der Waals surface area contributed by atoms with Crippen LogP contribution >= 0.6 is 0 Å². The van der Waals surface area contributed by atoms with E-state index in [9.17, 15) is 9.59 Å². The molecule has 0 saturated heterocycles. The van der Waals surface area contributed by atoms with Crippen molar-refractivity contribution in [3.05, 3.63) is 29.1 Å². The highest BCUT2D eigenvalue weighted by molar-refractivity contribution is 5.95. The SMILES string of the molecule is Cc1ccc(C(=O)NCC(C)CC(=O)O)c(C)n1.